The van der Waals surface area contributed by atoms with Gasteiger partial charge in [-0.3, -0.25) is 0 Å². The summed E-state index contributed by atoms with van der Waals surface area (Å²) in [5, 5.41) is 27.1. The Labute approximate surface area is 111 Å². The van der Waals surface area contributed by atoms with Crippen LogP contribution in [0.4, 0.5) is 0 Å². The van der Waals surface area contributed by atoms with Crippen LogP contribution in [0.3, 0.4) is 0 Å². The van der Waals surface area contributed by atoms with Crippen LogP contribution in [0.5, 0.6) is 0 Å². The molecule has 0 amide bonds. The average Bonchev–Trinajstić information content (AvgIpc) is 2.38. The highest BCUT2D eigenvalue weighted by atomic mass is 16.4. The van der Waals surface area contributed by atoms with E-state index >= 15 is 0 Å². The number of carboxylic acid groups (broad SMARTS) is 2. The molecule has 1 radical (unpaired) electrons. The standard InChI is InChI=1S/C9H8O4.C5H9O/c1-5-6(8(10)11)3-2-4-7(5)9(12)13;1-3-5(2)4-6/h2-4H,1H3,(H,10,11)(H,12,13);2-4H2,1H3. The molecular formula is C14H17O5. The molecular weight excluding hydrogens is 248 g/mol. The van der Waals surface area contributed by atoms with Crippen LogP contribution in [0.2, 0.25) is 0 Å². The van der Waals surface area contributed by atoms with Crippen LogP contribution in [0.15, 0.2) is 30.4 Å². The van der Waals surface area contributed by atoms with Crippen LogP contribution in [0, 0.1) is 6.92 Å². The molecule has 5 heteroatoms. The number of carboxylic acids is 2. The Hall–Kier alpha value is -2.14. The third-order valence-electron chi connectivity index (χ3n) is 2.50. The summed E-state index contributed by atoms with van der Waals surface area (Å²) >= 11 is 0. The molecule has 0 saturated carbocycles. The van der Waals surface area contributed by atoms with Crippen molar-refractivity contribution in [1.29, 1.82) is 0 Å². The van der Waals surface area contributed by atoms with Gasteiger partial charge in [-0.05, 0) is 36.6 Å². The first-order chi connectivity index (χ1) is 8.84. The first kappa shape index (κ1) is 16.9. The molecule has 1 aromatic rings. The molecule has 1 aromatic carbocycles. The highest BCUT2D eigenvalue weighted by molar-refractivity contribution is 5.96. The van der Waals surface area contributed by atoms with Crippen LogP contribution >= 0.6 is 0 Å². The zero-order valence-corrected chi connectivity index (χ0v) is 11.0. The van der Waals surface area contributed by atoms with Gasteiger partial charge in [0.05, 0.1) is 11.1 Å². The topological polar surface area (TPSA) is 94.5 Å². The molecule has 2 N–H and O–H groups in total. The first-order valence-electron chi connectivity index (χ1n) is 5.66. The van der Waals surface area contributed by atoms with E-state index in [1.54, 1.807) is 0 Å². The van der Waals surface area contributed by atoms with E-state index in [0.717, 1.165) is 12.0 Å². The minimum Gasteiger partial charge on any atom is -0.478 e. The molecule has 0 aliphatic rings. The maximum atomic E-state index is 10.6. The highest BCUT2D eigenvalue weighted by Crippen LogP contribution is 2.13. The van der Waals surface area contributed by atoms with Gasteiger partial charge < -0.3 is 10.2 Å². The van der Waals surface area contributed by atoms with E-state index in [9.17, 15) is 14.7 Å². The number of carbonyl (C=O) groups is 2. The van der Waals surface area contributed by atoms with Crippen molar-refractivity contribution in [3.63, 3.8) is 0 Å². The molecule has 0 unspecified atom stereocenters. The molecule has 19 heavy (non-hydrogen) atoms. The predicted octanol–water partition coefficient (Wildman–Crippen LogP) is 2.77. The van der Waals surface area contributed by atoms with Crippen molar-refractivity contribution in [2.45, 2.75) is 20.3 Å². The Morgan fingerprint density at radius 2 is 1.58 bits per heavy atom. The van der Waals surface area contributed by atoms with Crippen LogP contribution in [0.1, 0.15) is 39.6 Å². The van der Waals surface area contributed by atoms with E-state index in [1.807, 2.05) is 6.92 Å². The van der Waals surface area contributed by atoms with Gasteiger partial charge in [0.1, 0.15) is 6.61 Å². The Bertz CT molecular complexity index is 438. The Morgan fingerprint density at radius 3 is 1.79 bits per heavy atom. The lowest BCUT2D eigenvalue weighted by molar-refractivity contribution is 0.0696. The SMILES string of the molecule is C=C(CC)C[O].Cc1c(C(=O)O)cccc1C(=O)O. The maximum absolute atomic E-state index is 10.6. The molecule has 0 aliphatic heterocycles. The second-order valence-corrected chi connectivity index (χ2v) is 3.84. The maximum Gasteiger partial charge on any atom is 0.335 e. The summed E-state index contributed by atoms with van der Waals surface area (Å²) in [6, 6.07) is 4.17. The van der Waals surface area contributed by atoms with Gasteiger partial charge in [0.2, 0.25) is 0 Å². The monoisotopic (exact) mass is 265 g/mol. The van der Waals surface area contributed by atoms with Gasteiger partial charge in [-0.15, -0.1) is 0 Å². The Morgan fingerprint density at radius 1 is 1.16 bits per heavy atom. The summed E-state index contributed by atoms with van der Waals surface area (Å²) in [7, 11) is 0. The van der Waals surface area contributed by atoms with Crippen molar-refractivity contribution in [1.82, 2.24) is 0 Å². The van der Waals surface area contributed by atoms with Gasteiger partial charge in [0, 0.05) is 0 Å². The summed E-state index contributed by atoms with van der Waals surface area (Å²) < 4.78 is 0. The van der Waals surface area contributed by atoms with E-state index in [-0.39, 0.29) is 23.3 Å². The molecule has 0 fully saturated rings. The third kappa shape index (κ3) is 5.35. The summed E-state index contributed by atoms with van der Waals surface area (Å²) in [5.74, 6) is -2.22. The molecule has 1 rings (SSSR count). The average molecular weight is 265 g/mol. The normalized spacial score (nSPS) is 9.21. The van der Waals surface area contributed by atoms with Crippen molar-refractivity contribution < 1.29 is 24.9 Å². The molecule has 0 spiro atoms. The molecule has 0 bridgehead atoms. The van der Waals surface area contributed by atoms with E-state index < -0.39 is 11.9 Å². The summed E-state index contributed by atoms with van der Waals surface area (Å²) in [6.07, 6.45) is 0.823. The van der Waals surface area contributed by atoms with Crippen molar-refractivity contribution in [3.8, 4) is 0 Å². The molecule has 0 heterocycles. The van der Waals surface area contributed by atoms with Gasteiger partial charge in [-0.1, -0.05) is 19.6 Å². The lowest BCUT2D eigenvalue weighted by Crippen LogP contribution is -2.06. The second-order valence-electron chi connectivity index (χ2n) is 3.84. The van der Waals surface area contributed by atoms with Crippen LogP contribution in [-0.2, 0) is 5.11 Å². The predicted molar refractivity (Wildman–Crippen MR) is 70.1 cm³/mol. The van der Waals surface area contributed by atoms with Gasteiger partial charge in [0.25, 0.3) is 0 Å². The summed E-state index contributed by atoms with van der Waals surface area (Å²) in [6.45, 7) is 6.77. The van der Waals surface area contributed by atoms with Crippen LogP contribution in [0.25, 0.3) is 0 Å². The van der Waals surface area contributed by atoms with Crippen LogP contribution < -0.4 is 0 Å². The lowest BCUT2D eigenvalue weighted by atomic mass is 10.0. The van der Waals surface area contributed by atoms with Crippen molar-refractivity contribution in [3.05, 3.63) is 47.0 Å². The molecule has 0 saturated heterocycles. The molecule has 103 valence electrons. The Kier molecular flexibility index (Phi) is 7.14. The van der Waals surface area contributed by atoms with Gasteiger partial charge in [-0.2, -0.15) is 0 Å². The van der Waals surface area contributed by atoms with Gasteiger partial charge in [-0.25, -0.2) is 14.7 Å². The molecule has 5 nitrogen and oxygen atoms in total. The second kappa shape index (κ2) is 8.05. The number of hydrogen-bond acceptors (Lipinski definition) is 2. The van der Waals surface area contributed by atoms with E-state index in [1.165, 1.54) is 25.1 Å². The molecule has 0 aliphatic carbocycles. The number of aromatic carboxylic acids is 2. The highest BCUT2D eigenvalue weighted by Gasteiger charge is 2.13. The quantitative estimate of drug-likeness (QED) is 0.818. The van der Waals surface area contributed by atoms with Crippen molar-refractivity contribution >= 4 is 11.9 Å². The number of rotatable bonds is 4. The van der Waals surface area contributed by atoms with Crippen LogP contribution in [-0.4, -0.2) is 28.8 Å². The van der Waals surface area contributed by atoms with E-state index in [2.05, 4.69) is 6.58 Å². The minimum absolute atomic E-state index is 0.0277. The number of benzene rings is 1. The number of hydrogen-bond donors (Lipinski definition) is 2. The fourth-order valence-electron chi connectivity index (χ4n) is 1.20. The van der Waals surface area contributed by atoms with Crippen molar-refractivity contribution in [2.24, 2.45) is 0 Å². The zero-order valence-electron chi connectivity index (χ0n) is 11.0. The molecule has 0 atom stereocenters. The van der Waals surface area contributed by atoms with Gasteiger partial charge in [0.15, 0.2) is 0 Å². The minimum atomic E-state index is -1.11. The fraction of sp³-hybridized carbons (Fsp3) is 0.286. The molecule has 0 aromatic heterocycles. The summed E-state index contributed by atoms with van der Waals surface area (Å²) in [5.41, 5.74) is 1.12. The smallest absolute Gasteiger partial charge is 0.335 e. The lowest BCUT2D eigenvalue weighted by Gasteiger charge is -2.03. The zero-order chi connectivity index (χ0) is 15.0. The Balaban J connectivity index is 0.000000459. The fourth-order valence-corrected chi connectivity index (χ4v) is 1.20. The summed E-state index contributed by atoms with van der Waals surface area (Å²) in [4.78, 5) is 21.2. The third-order valence-corrected chi connectivity index (χ3v) is 2.50. The van der Waals surface area contributed by atoms with Crippen molar-refractivity contribution in [2.75, 3.05) is 6.61 Å². The first-order valence-corrected chi connectivity index (χ1v) is 5.66. The largest absolute Gasteiger partial charge is 0.478 e. The van der Waals surface area contributed by atoms with E-state index in [4.69, 9.17) is 10.2 Å². The van der Waals surface area contributed by atoms with E-state index in [0.29, 0.717) is 0 Å². The van der Waals surface area contributed by atoms with Gasteiger partial charge >= 0.3 is 11.9 Å².